The average Bonchev–Trinajstić information content (AvgIpc) is 2.94. The van der Waals surface area contributed by atoms with E-state index in [4.69, 9.17) is 5.73 Å². The third-order valence-electron chi connectivity index (χ3n) is 4.30. The number of anilines is 2. The maximum absolute atomic E-state index is 11.2. The summed E-state index contributed by atoms with van der Waals surface area (Å²) in [6.45, 7) is 2.95. The average molecular weight is 291 g/mol. The van der Waals surface area contributed by atoms with Gasteiger partial charge in [-0.05, 0) is 25.3 Å². The minimum absolute atomic E-state index is 0.0295. The van der Waals surface area contributed by atoms with Crippen molar-refractivity contribution in [2.45, 2.75) is 25.4 Å². The number of carbonyl (C=O) groups is 1. The number of aliphatic hydroxyl groups excluding tert-OH is 1. The highest BCUT2D eigenvalue weighted by molar-refractivity contribution is 5.76. The van der Waals surface area contributed by atoms with Crippen LogP contribution in [0.15, 0.2) is 12.3 Å². The highest BCUT2D eigenvalue weighted by Crippen LogP contribution is 2.23. The Morgan fingerprint density at radius 2 is 1.95 bits per heavy atom. The van der Waals surface area contributed by atoms with Crippen molar-refractivity contribution in [1.29, 1.82) is 0 Å². The van der Waals surface area contributed by atoms with Crippen LogP contribution >= 0.6 is 0 Å². The van der Waals surface area contributed by atoms with Gasteiger partial charge in [0.05, 0.1) is 6.10 Å². The predicted molar refractivity (Wildman–Crippen MR) is 79.0 cm³/mol. The number of β-amino-alcohol motifs (C(OH)–C–C–N with tert-alkyl or cyclic N) is 1. The summed E-state index contributed by atoms with van der Waals surface area (Å²) in [5, 5.41) is 9.62. The van der Waals surface area contributed by atoms with E-state index in [-0.39, 0.29) is 17.9 Å². The molecule has 0 spiro atoms. The fourth-order valence-corrected chi connectivity index (χ4v) is 2.98. The molecular formula is C14H21N5O2. The zero-order valence-electron chi connectivity index (χ0n) is 12.0. The second-order valence-corrected chi connectivity index (χ2v) is 5.77. The lowest BCUT2D eigenvalue weighted by Crippen LogP contribution is -2.39. The first-order valence-electron chi connectivity index (χ1n) is 7.44. The molecule has 2 fully saturated rings. The van der Waals surface area contributed by atoms with Crippen LogP contribution in [-0.4, -0.2) is 53.3 Å². The van der Waals surface area contributed by atoms with Crippen molar-refractivity contribution in [3.63, 3.8) is 0 Å². The van der Waals surface area contributed by atoms with Gasteiger partial charge < -0.3 is 20.6 Å². The van der Waals surface area contributed by atoms with Gasteiger partial charge in [0.2, 0.25) is 11.9 Å². The molecule has 1 aromatic rings. The molecular weight excluding hydrogens is 270 g/mol. The van der Waals surface area contributed by atoms with Crippen LogP contribution in [0.2, 0.25) is 0 Å². The fraction of sp³-hybridized carbons (Fsp3) is 0.643. The van der Waals surface area contributed by atoms with Gasteiger partial charge in [0, 0.05) is 38.3 Å². The summed E-state index contributed by atoms with van der Waals surface area (Å²) in [6.07, 6.45) is 3.78. The van der Waals surface area contributed by atoms with Crippen LogP contribution in [0.5, 0.6) is 0 Å². The Morgan fingerprint density at radius 3 is 2.57 bits per heavy atom. The normalized spacial score (nSPS) is 23.6. The van der Waals surface area contributed by atoms with Crippen LogP contribution < -0.4 is 15.5 Å². The quantitative estimate of drug-likeness (QED) is 0.797. The van der Waals surface area contributed by atoms with E-state index in [2.05, 4.69) is 19.8 Å². The van der Waals surface area contributed by atoms with Crippen molar-refractivity contribution in [2.24, 2.45) is 11.7 Å². The molecule has 0 aromatic carbocycles. The number of piperidine rings is 1. The van der Waals surface area contributed by atoms with E-state index in [9.17, 15) is 9.90 Å². The lowest BCUT2D eigenvalue weighted by molar-refractivity contribution is -0.122. The van der Waals surface area contributed by atoms with Gasteiger partial charge >= 0.3 is 0 Å². The molecule has 0 aliphatic carbocycles. The maximum Gasteiger partial charge on any atom is 0.227 e. The number of aromatic nitrogens is 2. The molecule has 2 aliphatic rings. The minimum atomic E-state index is -0.269. The molecule has 1 aromatic heterocycles. The zero-order valence-corrected chi connectivity index (χ0v) is 12.0. The molecule has 2 aliphatic heterocycles. The summed E-state index contributed by atoms with van der Waals surface area (Å²) in [6, 6.07) is 1.87. The third kappa shape index (κ3) is 3.07. The number of carbonyl (C=O) groups excluding carboxylic acids is 1. The highest BCUT2D eigenvalue weighted by Gasteiger charge is 2.26. The Morgan fingerprint density at radius 1 is 1.24 bits per heavy atom. The second-order valence-electron chi connectivity index (χ2n) is 5.77. The van der Waals surface area contributed by atoms with E-state index >= 15 is 0 Å². The van der Waals surface area contributed by atoms with Crippen molar-refractivity contribution in [3.8, 4) is 0 Å². The molecule has 2 saturated heterocycles. The van der Waals surface area contributed by atoms with Crippen molar-refractivity contribution in [2.75, 3.05) is 36.0 Å². The summed E-state index contributed by atoms with van der Waals surface area (Å²) in [7, 11) is 0. The molecule has 0 radical (unpaired) electrons. The Kier molecular flexibility index (Phi) is 3.92. The van der Waals surface area contributed by atoms with E-state index in [0.717, 1.165) is 44.7 Å². The van der Waals surface area contributed by atoms with Crippen molar-refractivity contribution in [1.82, 2.24) is 9.97 Å². The molecule has 3 N–H and O–H groups in total. The van der Waals surface area contributed by atoms with Gasteiger partial charge in [-0.3, -0.25) is 4.79 Å². The number of amides is 1. The lowest BCUT2D eigenvalue weighted by Gasteiger charge is -2.31. The van der Waals surface area contributed by atoms with E-state index in [0.29, 0.717) is 12.5 Å². The fourth-order valence-electron chi connectivity index (χ4n) is 2.98. The maximum atomic E-state index is 11.2. The monoisotopic (exact) mass is 291 g/mol. The molecule has 0 bridgehead atoms. The third-order valence-corrected chi connectivity index (χ3v) is 4.30. The minimum Gasteiger partial charge on any atom is -0.391 e. The topological polar surface area (TPSA) is 95.6 Å². The number of aliphatic hydroxyl groups is 1. The van der Waals surface area contributed by atoms with Crippen LogP contribution in [0.4, 0.5) is 11.8 Å². The van der Waals surface area contributed by atoms with Crippen LogP contribution in [0, 0.1) is 5.92 Å². The molecule has 21 heavy (non-hydrogen) atoms. The second kappa shape index (κ2) is 5.85. The van der Waals surface area contributed by atoms with Crippen molar-refractivity contribution < 1.29 is 9.90 Å². The summed E-state index contributed by atoms with van der Waals surface area (Å²) in [5.41, 5.74) is 5.35. The number of primary amides is 1. The van der Waals surface area contributed by atoms with Gasteiger partial charge in [0.15, 0.2) is 0 Å². The van der Waals surface area contributed by atoms with Gasteiger partial charge in [0.25, 0.3) is 0 Å². The number of nitrogens with zero attached hydrogens (tertiary/aromatic N) is 4. The SMILES string of the molecule is NC(=O)C1CCN(c2nccc(N3CC[C@H](O)C3)n2)CC1. The molecule has 3 heterocycles. The van der Waals surface area contributed by atoms with Crippen molar-refractivity contribution >= 4 is 17.7 Å². The van der Waals surface area contributed by atoms with Gasteiger partial charge in [-0.1, -0.05) is 0 Å². The highest BCUT2D eigenvalue weighted by atomic mass is 16.3. The lowest BCUT2D eigenvalue weighted by atomic mass is 9.96. The smallest absolute Gasteiger partial charge is 0.227 e. The van der Waals surface area contributed by atoms with Crippen LogP contribution in [0.25, 0.3) is 0 Å². The Balaban J connectivity index is 1.68. The first-order valence-corrected chi connectivity index (χ1v) is 7.44. The summed E-state index contributed by atoms with van der Waals surface area (Å²) >= 11 is 0. The van der Waals surface area contributed by atoms with E-state index < -0.39 is 0 Å². The van der Waals surface area contributed by atoms with Gasteiger partial charge in [-0.2, -0.15) is 4.98 Å². The van der Waals surface area contributed by atoms with Crippen LogP contribution in [0.3, 0.4) is 0 Å². The standard InChI is InChI=1S/C14H21N5O2/c15-13(21)10-2-6-18(7-3-10)14-16-5-1-12(17-14)19-8-4-11(20)9-19/h1,5,10-11,20H,2-4,6-9H2,(H2,15,21)/t11-/m0/s1. The first kappa shape index (κ1) is 14.1. The zero-order chi connectivity index (χ0) is 14.8. The summed E-state index contributed by atoms with van der Waals surface area (Å²) in [4.78, 5) is 24.3. The summed E-state index contributed by atoms with van der Waals surface area (Å²) < 4.78 is 0. The van der Waals surface area contributed by atoms with Gasteiger partial charge in [-0.15, -0.1) is 0 Å². The molecule has 7 nitrogen and oxygen atoms in total. The van der Waals surface area contributed by atoms with Crippen LogP contribution in [0.1, 0.15) is 19.3 Å². The van der Waals surface area contributed by atoms with E-state index in [1.807, 2.05) is 6.07 Å². The van der Waals surface area contributed by atoms with Gasteiger partial charge in [-0.25, -0.2) is 4.98 Å². The molecule has 3 rings (SSSR count). The number of hydrogen-bond donors (Lipinski definition) is 2. The van der Waals surface area contributed by atoms with E-state index in [1.54, 1.807) is 6.20 Å². The first-order chi connectivity index (χ1) is 10.1. The Bertz CT molecular complexity index is 516. The summed E-state index contributed by atoms with van der Waals surface area (Å²) in [5.74, 6) is 1.30. The Labute approximate surface area is 123 Å². The van der Waals surface area contributed by atoms with E-state index in [1.165, 1.54) is 0 Å². The number of hydrogen-bond acceptors (Lipinski definition) is 6. The molecule has 0 unspecified atom stereocenters. The predicted octanol–water partition coefficient (Wildman–Crippen LogP) is -0.251. The van der Waals surface area contributed by atoms with Crippen molar-refractivity contribution in [3.05, 3.63) is 12.3 Å². The molecule has 7 heteroatoms. The number of nitrogens with two attached hydrogens (primary N) is 1. The molecule has 0 saturated carbocycles. The van der Waals surface area contributed by atoms with Gasteiger partial charge in [0.1, 0.15) is 5.82 Å². The number of rotatable bonds is 3. The molecule has 114 valence electrons. The molecule has 1 amide bonds. The molecule has 1 atom stereocenters. The van der Waals surface area contributed by atoms with Crippen LogP contribution in [-0.2, 0) is 4.79 Å². The Hall–Kier alpha value is -1.89. The largest absolute Gasteiger partial charge is 0.391 e.